The minimum Gasteiger partial charge on any atom is -0.325 e. The molecule has 0 aromatic heterocycles. The van der Waals surface area contributed by atoms with Crippen LogP contribution in [0.5, 0.6) is 0 Å². The van der Waals surface area contributed by atoms with Gasteiger partial charge in [0.25, 0.3) is 5.91 Å². The molecular weight excluding hydrogens is 425 g/mol. The molecule has 0 bridgehead atoms. The van der Waals surface area contributed by atoms with Crippen molar-refractivity contribution in [2.75, 3.05) is 18.0 Å². The van der Waals surface area contributed by atoms with Crippen molar-refractivity contribution in [1.29, 1.82) is 0 Å². The van der Waals surface area contributed by atoms with E-state index in [-0.39, 0.29) is 24.7 Å². The van der Waals surface area contributed by atoms with Crippen molar-refractivity contribution in [2.45, 2.75) is 19.1 Å². The molecule has 3 rings (SSSR count). The predicted octanol–water partition coefficient (Wildman–Crippen LogP) is 4.35. The lowest BCUT2D eigenvalue weighted by Crippen LogP contribution is -2.57. The number of halogens is 4. The third-order valence-corrected chi connectivity index (χ3v) is 4.97. The van der Waals surface area contributed by atoms with E-state index in [2.05, 4.69) is 15.9 Å². The van der Waals surface area contributed by atoms with Crippen LogP contribution in [0.4, 0.5) is 18.9 Å². The molecule has 0 spiro atoms. The number of nitrogens with zero attached hydrogens (tertiary/aromatic N) is 2. The smallest absolute Gasteiger partial charge is 0.325 e. The monoisotopic (exact) mass is 440 g/mol. The number of anilines is 1. The number of piperazine rings is 1. The molecule has 0 unspecified atom stereocenters. The standard InChI is InChI=1S/C19H16BrF3N2O2/c1-12-17(26)25(16-7-3-5-14(11-16)19(21,22)23)9-8-24(12)18(27)13-4-2-6-15(20)10-13/h2-7,10-12H,8-9H2,1H3/t12-/m0/s1. The zero-order valence-corrected chi connectivity index (χ0v) is 15.9. The summed E-state index contributed by atoms with van der Waals surface area (Å²) in [6, 6.07) is 10.7. The highest BCUT2D eigenvalue weighted by atomic mass is 79.9. The van der Waals surface area contributed by atoms with Crippen LogP contribution in [-0.4, -0.2) is 35.8 Å². The molecule has 0 radical (unpaired) electrons. The van der Waals surface area contributed by atoms with E-state index < -0.39 is 23.7 Å². The molecule has 8 heteroatoms. The molecule has 2 aromatic rings. The molecule has 0 saturated carbocycles. The fraction of sp³-hybridized carbons (Fsp3) is 0.263. The number of carbonyl (C=O) groups is 2. The van der Waals surface area contributed by atoms with E-state index in [1.54, 1.807) is 31.2 Å². The summed E-state index contributed by atoms with van der Waals surface area (Å²) in [7, 11) is 0. The Morgan fingerprint density at radius 3 is 2.48 bits per heavy atom. The summed E-state index contributed by atoms with van der Waals surface area (Å²) in [5, 5.41) is 0. The summed E-state index contributed by atoms with van der Waals surface area (Å²) < 4.78 is 39.6. The molecule has 27 heavy (non-hydrogen) atoms. The Bertz CT molecular complexity index is 885. The van der Waals surface area contributed by atoms with Crippen molar-refractivity contribution < 1.29 is 22.8 Å². The Hall–Kier alpha value is -2.35. The molecule has 1 aliphatic rings. The second kappa shape index (κ2) is 7.34. The summed E-state index contributed by atoms with van der Waals surface area (Å²) in [5.41, 5.74) is -0.194. The van der Waals surface area contributed by atoms with Crippen LogP contribution < -0.4 is 4.90 Å². The van der Waals surface area contributed by atoms with Crippen molar-refractivity contribution in [3.05, 3.63) is 64.1 Å². The molecule has 4 nitrogen and oxygen atoms in total. The third-order valence-electron chi connectivity index (χ3n) is 4.47. The topological polar surface area (TPSA) is 40.6 Å². The lowest BCUT2D eigenvalue weighted by atomic mass is 10.1. The van der Waals surface area contributed by atoms with Crippen molar-refractivity contribution in [1.82, 2.24) is 4.90 Å². The Labute approximate surface area is 162 Å². The fourth-order valence-electron chi connectivity index (χ4n) is 3.04. The van der Waals surface area contributed by atoms with Gasteiger partial charge in [0.1, 0.15) is 6.04 Å². The van der Waals surface area contributed by atoms with Crippen LogP contribution in [0.3, 0.4) is 0 Å². The molecule has 0 N–H and O–H groups in total. The van der Waals surface area contributed by atoms with E-state index in [0.29, 0.717) is 5.56 Å². The van der Waals surface area contributed by atoms with Crippen LogP contribution in [0.25, 0.3) is 0 Å². The van der Waals surface area contributed by atoms with E-state index in [1.165, 1.54) is 21.9 Å². The first kappa shape index (κ1) is 19.4. The van der Waals surface area contributed by atoms with Gasteiger partial charge in [-0.2, -0.15) is 13.2 Å². The van der Waals surface area contributed by atoms with Gasteiger partial charge < -0.3 is 9.80 Å². The molecule has 1 atom stereocenters. The molecule has 1 saturated heterocycles. The molecule has 0 aliphatic carbocycles. The van der Waals surface area contributed by atoms with Crippen LogP contribution in [0, 0.1) is 0 Å². The van der Waals surface area contributed by atoms with Gasteiger partial charge in [-0.25, -0.2) is 0 Å². The Balaban J connectivity index is 1.82. The van der Waals surface area contributed by atoms with E-state index in [1.807, 2.05) is 0 Å². The summed E-state index contributed by atoms with van der Waals surface area (Å²) >= 11 is 3.31. The minimum absolute atomic E-state index is 0.129. The molecule has 2 amide bonds. The summed E-state index contributed by atoms with van der Waals surface area (Å²) in [4.78, 5) is 28.2. The van der Waals surface area contributed by atoms with Crippen molar-refractivity contribution in [2.24, 2.45) is 0 Å². The maximum atomic E-state index is 12.9. The highest BCUT2D eigenvalue weighted by molar-refractivity contribution is 9.10. The quantitative estimate of drug-likeness (QED) is 0.696. The number of hydrogen-bond donors (Lipinski definition) is 0. The molecule has 1 heterocycles. The number of alkyl halides is 3. The number of carbonyl (C=O) groups excluding carboxylic acids is 2. The largest absolute Gasteiger partial charge is 0.416 e. The second-order valence-electron chi connectivity index (χ2n) is 6.22. The van der Waals surface area contributed by atoms with E-state index >= 15 is 0 Å². The normalized spacial score (nSPS) is 18.0. The molecule has 1 fully saturated rings. The third kappa shape index (κ3) is 4.00. The van der Waals surface area contributed by atoms with Gasteiger partial charge in [0, 0.05) is 28.8 Å². The van der Waals surface area contributed by atoms with Gasteiger partial charge in [0.2, 0.25) is 5.91 Å². The second-order valence-corrected chi connectivity index (χ2v) is 7.14. The average Bonchev–Trinajstić information content (AvgIpc) is 2.63. The lowest BCUT2D eigenvalue weighted by molar-refractivity contribution is -0.137. The van der Waals surface area contributed by atoms with Crippen molar-refractivity contribution in [3.8, 4) is 0 Å². The Morgan fingerprint density at radius 2 is 1.81 bits per heavy atom. The molecule has 142 valence electrons. The van der Waals surface area contributed by atoms with E-state index in [9.17, 15) is 22.8 Å². The first-order chi connectivity index (χ1) is 12.7. The van der Waals surface area contributed by atoms with Crippen LogP contribution in [0.15, 0.2) is 53.0 Å². The van der Waals surface area contributed by atoms with Crippen LogP contribution >= 0.6 is 15.9 Å². The van der Waals surface area contributed by atoms with Gasteiger partial charge in [-0.1, -0.05) is 28.1 Å². The highest BCUT2D eigenvalue weighted by Crippen LogP contribution is 2.32. The number of hydrogen-bond acceptors (Lipinski definition) is 2. The van der Waals surface area contributed by atoms with E-state index in [0.717, 1.165) is 16.6 Å². The Kier molecular flexibility index (Phi) is 5.28. The molecule has 1 aliphatic heterocycles. The maximum Gasteiger partial charge on any atom is 0.416 e. The van der Waals surface area contributed by atoms with Crippen molar-refractivity contribution >= 4 is 33.4 Å². The molecule has 2 aromatic carbocycles. The van der Waals surface area contributed by atoms with Gasteiger partial charge in [0.15, 0.2) is 0 Å². The first-order valence-corrected chi connectivity index (χ1v) is 9.03. The van der Waals surface area contributed by atoms with Gasteiger partial charge >= 0.3 is 6.18 Å². The van der Waals surface area contributed by atoms with E-state index in [4.69, 9.17) is 0 Å². The summed E-state index contributed by atoms with van der Waals surface area (Å²) in [5.74, 6) is -0.704. The molecular formula is C19H16BrF3N2O2. The fourth-order valence-corrected chi connectivity index (χ4v) is 3.44. The zero-order chi connectivity index (χ0) is 19.8. The predicted molar refractivity (Wildman–Crippen MR) is 98.4 cm³/mol. The average molecular weight is 441 g/mol. The van der Waals surface area contributed by atoms with Crippen molar-refractivity contribution in [3.63, 3.8) is 0 Å². The maximum absolute atomic E-state index is 12.9. The van der Waals surface area contributed by atoms with Gasteiger partial charge in [-0.05, 0) is 43.3 Å². The summed E-state index contributed by atoms with van der Waals surface area (Å²) in [6.45, 7) is 1.94. The number of amides is 2. The first-order valence-electron chi connectivity index (χ1n) is 8.23. The van der Waals surface area contributed by atoms with Gasteiger partial charge in [-0.15, -0.1) is 0 Å². The minimum atomic E-state index is -4.48. The summed E-state index contributed by atoms with van der Waals surface area (Å²) in [6.07, 6.45) is -4.48. The zero-order valence-electron chi connectivity index (χ0n) is 14.3. The van der Waals surface area contributed by atoms with Crippen LogP contribution in [0.1, 0.15) is 22.8 Å². The van der Waals surface area contributed by atoms with Gasteiger partial charge in [-0.3, -0.25) is 9.59 Å². The number of rotatable bonds is 2. The lowest BCUT2D eigenvalue weighted by Gasteiger charge is -2.39. The van der Waals surface area contributed by atoms with Crippen LogP contribution in [0.2, 0.25) is 0 Å². The Morgan fingerprint density at radius 1 is 1.11 bits per heavy atom. The number of benzene rings is 2. The van der Waals surface area contributed by atoms with Crippen LogP contribution in [-0.2, 0) is 11.0 Å². The SMILES string of the molecule is C[C@H]1C(=O)N(c2cccc(C(F)(F)F)c2)CCN1C(=O)c1cccc(Br)c1. The highest BCUT2D eigenvalue weighted by Gasteiger charge is 2.36. The van der Waals surface area contributed by atoms with Gasteiger partial charge in [0.05, 0.1) is 5.56 Å².